The van der Waals surface area contributed by atoms with Crippen LogP contribution in [0.15, 0.2) is 51.0 Å². The molecule has 2 aromatic rings. The molecule has 1 aliphatic heterocycles. The molecule has 2 N–H and O–H groups in total. The largest absolute Gasteiger partial charge is 0.493 e. The molecular formula is C20H20N2O4. The van der Waals surface area contributed by atoms with E-state index in [-0.39, 0.29) is 17.0 Å². The van der Waals surface area contributed by atoms with Gasteiger partial charge in [-0.3, -0.25) is 0 Å². The van der Waals surface area contributed by atoms with Crippen molar-refractivity contribution in [2.75, 3.05) is 6.61 Å². The van der Waals surface area contributed by atoms with Crippen LogP contribution in [0.3, 0.4) is 0 Å². The van der Waals surface area contributed by atoms with E-state index >= 15 is 0 Å². The third-order valence-electron chi connectivity index (χ3n) is 4.24. The minimum absolute atomic E-state index is 0.0154. The number of hydrogen-bond acceptors (Lipinski definition) is 6. The first-order valence-corrected chi connectivity index (χ1v) is 8.50. The first-order valence-electron chi connectivity index (χ1n) is 8.50. The predicted octanol–water partition coefficient (Wildman–Crippen LogP) is 3.35. The average Bonchev–Trinajstić information content (AvgIpc) is 2.61. The van der Waals surface area contributed by atoms with Crippen molar-refractivity contribution in [2.45, 2.75) is 32.6 Å². The van der Waals surface area contributed by atoms with Crippen molar-refractivity contribution in [1.29, 1.82) is 5.26 Å². The van der Waals surface area contributed by atoms with Crippen molar-refractivity contribution >= 4 is 0 Å². The number of hydrogen-bond donors (Lipinski definition) is 1. The molecule has 0 radical (unpaired) electrons. The molecule has 134 valence electrons. The third kappa shape index (κ3) is 3.16. The number of unbranched alkanes of at least 4 members (excludes halogenated alkanes) is 1. The quantitative estimate of drug-likeness (QED) is 0.829. The van der Waals surface area contributed by atoms with E-state index in [2.05, 4.69) is 13.0 Å². The molecule has 0 spiro atoms. The lowest BCUT2D eigenvalue weighted by atomic mass is 9.84. The molecule has 6 nitrogen and oxygen atoms in total. The van der Waals surface area contributed by atoms with E-state index in [1.165, 1.54) is 0 Å². The topological polar surface area (TPSA) is 98.5 Å². The van der Waals surface area contributed by atoms with Crippen LogP contribution in [0.5, 0.6) is 11.5 Å². The number of nitriles is 1. The van der Waals surface area contributed by atoms with E-state index in [1.807, 2.05) is 24.3 Å². The van der Waals surface area contributed by atoms with Gasteiger partial charge >= 0.3 is 5.63 Å². The van der Waals surface area contributed by atoms with E-state index in [4.69, 9.17) is 19.6 Å². The summed E-state index contributed by atoms with van der Waals surface area (Å²) < 4.78 is 16.7. The van der Waals surface area contributed by atoms with Crippen molar-refractivity contribution in [3.05, 3.63) is 69.1 Å². The van der Waals surface area contributed by atoms with Crippen molar-refractivity contribution in [2.24, 2.45) is 5.73 Å². The highest BCUT2D eigenvalue weighted by Gasteiger charge is 2.35. The van der Waals surface area contributed by atoms with E-state index < -0.39 is 11.5 Å². The lowest BCUT2D eigenvalue weighted by Gasteiger charge is -2.26. The van der Waals surface area contributed by atoms with E-state index in [0.717, 1.165) is 12.8 Å². The third-order valence-corrected chi connectivity index (χ3v) is 4.24. The summed E-state index contributed by atoms with van der Waals surface area (Å²) in [4.78, 5) is 12.5. The molecule has 3 rings (SSSR count). The van der Waals surface area contributed by atoms with Gasteiger partial charge < -0.3 is 19.6 Å². The molecule has 1 aliphatic rings. The summed E-state index contributed by atoms with van der Waals surface area (Å²) in [7, 11) is 0. The van der Waals surface area contributed by atoms with Crippen LogP contribution in [0.1, 0.15) is 42.6 Å². The monoisotopic (exact) mass is 352 g/mol. The van der Waals surface area contributed by atoms with Gasteiger partial charge in [0.25, 0.3) is 0 Å². The van der Waals surface area contributed by atoms with Gasteiger partial charge in [0.2, 0.25) is 5.88 Å². The highest BCUT2D eigenvalue weighted by atomic mass is 16.5. The number of nitrogens with two attached hydrogens (primary N) is 1. The molecule has 26 heavy (non-hydrogen) atoms. The molecule has 0 fully saturated rings. The standard InChI is InChI=1S/C20H20N2O4/c1-3-4-9-24-15-8-6-5-7-13(15)17-14(11-21)19(22)26-16-10-12(2)25-20(23)18(16)17/h5-8,10,17H,3-4,9,22H2,1-2H3/t17-/m0/s1. The number of fused-ring (bicyclic) bond motifs is 1. The summed E-state index contributed by atoms with van der Waals surface area (Å²) >= 11 is 0. The molecule has 0 unspecified atom stereocenters. The Morgan fingerprint density at radius 1 is 1.35 bits per heavy atom. The van der Waals surface area contributed by atoms with Gasteiger partial charge in [-0.25, -0.2) is 4.79 Å². The van der Waals surface area contributed by atoms with Crippen LogP contribution in [0.25, 0.3) is 0 Å². The Bertz CT molecular complexity index is 953. The van der Waals surface area contributed by atoms with Gasteiger partial charge in [0.15, 0.2) is 0 Å². The van der Waals surface area contributed by atoms with Crippen LogP contribution in [-0.4, -0.2) is 6.61 Å². The molecule has 0 saturated carbocycles. The molecule has 6 heteroatoms. The zero-order valence-electron chi connectivity index (χ0n) is 14.7. The van der Waals surface area contributed by atoms with Gasteiger partial charge in [-0.05, 0) is 19.4 Å². The fourth-order valence-corrected chi connectivity index (χ4v) is 3.01. The van der Waals surface area contributed by atoms with Crippen LogP contribution in [-0.2, 0) is 0 Å². The molecule has 2 heterocycles. The van der Waals surface area contributed by atoms with Crippen LogP contribution >= 0.6 is 0 Å². The van der Waals surface area contributed by atoms with E-state index in [0.29, 0.717) is 29.4 Å². The number of aryl methyl sites for hydroxylation is 1. The van der Waals surface area contributed by atoms with Crippen LogP contribution in [0, 0.1) is 18.3 Å². The number of nitrogens with zero attached hydrogens (tertiary/aromatic N) is 1. The van der Waals surface area contributed by atoms with Crippen LogP contribution in [0.4, 0.5) is 0 Å². The number of para-hydroxylation sites is 1. The molecule has 0 saturated heterocycles. The molecular weight excluding hydrogens is 332 g/mol. The Morgan fingerprint density at radius 2 is 2.12 bits per heavy atom. The minimum Gasteiger partial charge on any atom is -0.493 e. The van der Waals surface area contributed by atoms with Gasteiger partial charge in [-0.2, -0.15) is 5.26 Å². The first-order chi connectivity index (χ1) is 12.6. The second kappa shape index (κ2) is 7.36. The predicted molar refractivity (Wildman–Crippen MR) is 95.9 cm³/mol. The fraction of sp³-hybridized carbons (Fsp3) is 0.300. The normalized spacial score (nSPS) is 15.8. The molecule has 0 aliphatic carbocycles. The van der Waals surface area contributed by atoms with Crippen LogP contribution < -0.4 is 20.8 Å². The summed E-state index contributed by atoms with van der Waals surface area (Å²) in [6, 6.07) is 11.0. The Kier molecular flexibility index (Phi) is 4.99. The number of benzene rings is 1. The lowest BCUT2D eigenvalue weighted by molar-refractivity contribution is 0.304. The smallest absolute Gasteiger partial charge is 0.343 e. The van der Waals surface area contributed by atoms with Gasteiger partial charge in [0.05, 0.1) is 18.1 Å². The van der Waals surface area contributed by atoms with Crippen molar-refractivity contribution in [1.82, 2.24) is 0 Å². The second-order valence-corrected chi connectivity index (χ2v) is 6.09. The summed E-state index contributed by atoms with van der Waals surface area (Å²) in [5.41, 5.74) is 6.53. The Hall–Kier alpha value is -3.20. The summed E-state index contributed by atoms with van der Waals surface area (Å²) in [5.74, 6) is 0.618. The zero-order valence-corrected chi connectivity index (χ0v) is 14.7. The highest BCUT2D eigenvalue weighted by molar-refractivity contribution is 5.57. The summed E-state index contributed by atoms with van der Waals surface area (Å²) in [5, 5.41) is 9.63. The van der Waals surface area contributed by atoms with Gasteiger partial charge in [0, 0.05) is 11.6 Å². The fourth-order valence-electron chi connectivity index (χ4n) is 3.01. The molecule has 1 aromatic carbocycles. The molecule has 0 amide bonds. The Balaban J connectivity index is 2.18. The Labute approximate surface area is 151 Å². The maximum atomic E-state index is 12.5. The number of allylic oxidation sites excluding steroid dienone is 1. The first kappa shape index (κ1) is 17.6. The van der Waals surface area contributed by atoms with Gasteiger partial charge in [0.1, 0.15) is 28.9 Å². The second-order valence-electron chi connectivity index (χ2n) is 6.09. The Morgan fingerprint density at radius 3 is 2.85 bits per heavy atom. The van der Waals surface area contributed by atoms with E-state index in [1.54, 1.807) is 13.0 Å². The lowest BCUT2D eigenvalue weighted by Crippen LogP contribution is -2.26. The summed E-state index contributed by atoms with van der Waals surface area (Å²) in [6.07, 6.45) is 1.91. The number of ether oxygens (including phenoxy) is 2. The van der Waals surface area contributed by atoms with E-state index in [9.17, 15) is 10.1 Å². The highest BCUT2D eigenvalue weighted by Crippen LogP contribution is 2.43. The SMILES string of the molecule is CCCCOc1ccccc1[C@H]1C(C#N)=C(N)Oc2cc(C)oc(=O)c21. The number of rotatable bonds is 5. The van der Waals surface area contributed by atoms with Crippen molar-refractivity contribution in [3.63, 3.8) is 0 Å². The summed E-state index contributed by atoms with van der Waals surface area (Å²) in [6.45, 7) is 4.28. The minimum atomic E-state index is -0.696. The average molecular weight is 352 g/mol. The maximum Gasteiger partial charge on any atom is 0.343 e. The maximum absolute atomic E-state index is 12.5. The van der Waals surface area contributed by atoms with Gasteiger partial charge in [-0.1, -0.05) is 31.5 Å². The van der Waals surface area contributed by atoms with Crippen molar-refractivity contribution < 1.29 is 13.9 Å². The molecule has 0 bridgehead atoms. The molecule has 1 atom stereocenters. The van der Waals surface area contributed by atoms with Gasteiger partial charge in [-0.15, -0.1) is 0 Å². The zero-order chi connectivity index (χ0) is 18.7. The molecule has 1 aromatic heterocycles. The van der Waals surface area contributed by atoms with Crippen molar-refractivity contribution in [3.8, 4) is 17.6 Å². The van der Waals surface area contributed by atoms with Crippen LogP contribution in [0.2, 0.25) is 0 Å².